The van der Waals surface area contributed by atoms with Gasteiger partial charge >= 0.3 is 0 Å². The number of fused-ring (bicyclic) bond motifs is 1. The van der Waals surface area contributed by atoms with Crippen LogP contribution in [0.25, 0.3) is 11.0 Å². The Morgan fingerprint density at radius 3 is 2.84 bits per heavy atom. The molecule has 102 valence electrons. The van der Waals surface area contributed by atoms with Crippen LogP contribution >= 0.6 is 35.4 Å². The second-order valence-electron chi connectivity index (χ2n) is 4.88. The molecule has 1 aliphatic heterocycles. The zero-order valence-electron chi connectivity index (χ0n) is 10.5. The first kappa shape index (κ1) is 13.4. The molecular formula is C13H14Cl2N2OS. The van der Waals surface area contributed by atoms with Crippen molar-refractivity contribution in [1.29, 1.82) is 0 Å². The fraction of sp³-hybridized carbons (Fsp3) is 0.462. The topological polar surface area (TPSA) is 29.9 Å². The third kappa shape index (κ3) is 2.31. The molecule has 0 bridgehead atoms. The summed E-state index contributed by atoms with van der Waals surface area (Å²) in [5.41, 5.74) is 1.88. The van der Waals surface area contributed by atoms with Gasteiger partial charge in [0.05, 0.1) is 33.2 Å². The van der Waals surface area contributed by atoms with Crippen LogP contribution in [-0.2, 0) is 4.74 Å². The number of imidazole rings is 1. The molecule has 0 saturated carbocycles. The van der Waals surface area contributed by atoms with Crippen molar-refractivity contribution in [2.24, 2.45) is 0 Å². The Hall–Kier alpha value is -0.550. The molecule has 1 fully saturated rings. The third-order valence-electron chi connectivity index (χ3n) is 3.67. The molecular weight excluding hydrogens is 303 g/mol. The summed E-state index contributed by atoms with van der Waals surface area (Å²) in [6, 6.07) is 3.85. The second-order valence-corrected chi connectivity index (χ2v) is 6.08. The smallest absolute Gasteiger partial charge is 0.178 e. The first-order chi connectivity index (χ1) is 9.08. The normalized spacial score (nSPS) is 21.1. The molecule has 1 N–H and O–H groups in total. The van der Waals surface area contributed by atoms with Crippen LogP contribution in [0.3, 0.4) is 0 Å². The lowest BCUT2D eigenvalue weighted by Crippen LogP contribution is -2.20. The average Bonchev–Trinajstić information content (AvgIpc) is 2.97. The van der Waals surface area contributed by atoms with Crippen LogP contribution < -0.4 is 0 Å². The van der Waals surface area contributed by atoms with E-state index in [-0.39, 0.29) is 12.1 Å². The van der Waals surface area contributed by atoms with Gasteiger partial charge in [-0.15, -0.1) is 0 Å². The quantitative estimate of drug-likeness (QED) is 0.810. The summed E-state index contributed by atoms with van der Waals surface area (Å²) in [7, 11) is 0. The highest BCUT2D eigenvalue weighted by atomic mass is 35.5. The molecule has 3 nitrogen and oxygen atoms in total. The van der Waals surface area contributed by atoms with Crippen LogP contribution in [-0.4, -0.2) is 22.3 Å². The van der Waals surface area contributed by atoms with E-state index in [4.69, 9.17) is 40.2 Å². The minimum atomic E-state index is 0.181. The first-order valence-corrected chi connectivity index (χ1v) is 7.45. The van der Waals surface area contributed by atoms with Crippen molar-refractivity contribution >= 4 is 46.5 Å². The molecule has 2 aromatic rings. The monoisotopic (exact) mass is 316 g/mol. The maximum absolute atomic E-state index is 6.11. The van der Waals surface area contributed by atoms with Crippen molar-refractivity contribution in [3.63, 3.8) is 0 Å². The SMILES string of the molecule is CC(C1CCCO1)n1c(=S)[nH]c2cc(Cl)c(Cl)cc21. The molecule has 2 heterocycles. The Labute approximate surface area is 126 Å². The number of benzene rings is 1. The zero-order valence-corrected chi connectivity index (χ0v) is 12.8. The Balaban J connectivity index is 2.14. The van der Waals surface area contributed by atoms with Gasteiger partial charge in [0.2, 0.25) is 0 Å². The Bertz CT molecular complexity index is 673. The van der Waals surface area contributed by atoms with Gasteiger partial charge in [0, 0.05) is 6.61 Å². The number of hydrogen-bond acceptors (Lipinski definition) is 2. The molecule has 1 aliphatic rings. The van der Waals surface area contributed by atoms with E-state index in [2.05, 4.69) is 16.5 Å². The van der Waals surface area contributed by atoms with Crippen LogP contribution in [0, 0.1) is 4.77 Å². The zero-order chi connectivity index (χ0) is 13.6. The number of rotatable bonds is 2. The first-order valence-electron chi connectivity index (χ1n) is 6.29. The lowest BCUT2D eigenvalue weighted by atomic mass is 10.1. The van der Waals surface area contributed by atoms with E-state index in [1.165, 1.54) is 0 Å². The summed E-state index contributed by atoms with van der Waals surface area (Å²) in [5, 5.41) is 1.07. The molecule has 1 aromatic carbocycles. The molecule has 2 atom stereocenters. The van der Waals surface area contributed by atoms with E-state index >= 15 is 0 Å². The highest BCUT2D eigenvalue weighted by Crippen LogP contribution is 2.32. The number of hydrogen-bond donors (Lipinski definition) is 1. The standard InChI is InChI=1S/C13H14Cl2N2OS/c1-7(12-3-2-4-18-12)17-11-6-9(15)8(14)5-10(11)16-13(17)19/h5-7,12H,2-4H2,1H3,(H,16,19). The number of aromatic amines is 1. The van der Waals surface area contributed by atoms with Gasteiger partial charge in [-0.25, -0.2) is 0 Å². The Morgan fingerprint density at radius 2 is 2.16 bits per heavy atom. The summed E-state index contributed by atoms with van der Waals surface area (Å²) in [5.74, 6) is 0. The highest BCUT2D eigenvalue weighted by Gasteiger charge is 2.25. The minimum Gasteiger partial charge on any atom is -0.376 e. The van der Waals surface area contributed by atoms with Gasteiger partial charge in [-0.1, -0.05) is 23.2 Å². The number of aromatic nitrogens is 2. The number of ether oxygens (including phenoxy) is 1. The Kier molecular flexibility index (Phi) is 3.60. The summed E-state index contributed by atoms with van der Waals surface area (Å²) in [4.78, 5) is 3.18. The maximum Gasteiger partial charge on any atom is 0.178 e. The van der Waals surface area contributed by atoms with E-state index in [0.29, 0.717) is 14.8 Å². The summed E-state index contributed by atoms with van der Waals surface area (Å²) >= 11 is 17.6. The highest BCUT2D eigenvalue weighted by molar-refractivity contribution is 7.71. The van der Waals surface area contributed by atoms with Gasteiger partial charge in [0.15, 0.2) is 4.77 Å². The summed E-state index contributed by atoms with van der Waals surface area (Å²) in [6.07, 6.45) is 2.38. The molecule has 6 heteroatoms. The predicted molar refractivity (Wildman–Crippen MR) is 80.8 cm³/mol. The molecule has 0 aliphatic carbocycles. The van der Waals surface area contributed by atoms with E-state index in [1.807, 2.05) is 12.1 Å². The summed E-state index contributed by atoms with van der Waals surface area (Å²) < 4.78 is 8.51. The van der Waals surface area contributed by atoms with Crippen molar-refractivity contribution in [2.75, 3.05) is 6.61 Å². The van der Waals surface area contributed by atoms with Gasteiger partial charge in [-0.05, 0) is 44.1 Å². The second kappa shape index (κ2) is 5.09. The number of nitrogens with zero attached hydrogens (tertiary/aromatic N) is 1. The van der Waals surface area contributed by atoms with E-state index in [0.717, 1.165) is 30.5 Å². The van der Waals surface area contributed by atoms with E-state index in [9.17, 15) is 0 Å². The van der Waals surface area contributed by atoms with Gasteiger partial charge in [0.1, 0.15) is 0 Å². The van der Waals surface area contributed by atoms with E-state index < -0.39 is 0 Å². The number of halogens is 2. The lowest BCUT2D eigenvalue weighted by molar-refractivity contribution is 0.0741. The van der Waals surface area contributed by atoms with Crippen LogP contribution in [0.2, 0.25) is 10.0 Å². The van der Waals surface area contributed by atoms with Crippen LogP contribution in [0.1, 0.15) is 25.8 Å². The molecule has 1 aromatic heterocycles. The Morgan fingerprint density at radius 1 is 1.42 bits per heavy atom. The molecule has 3 rings (SSSR count). The fourth-order valence-electron chi connectivity index (χ4n) is 2.67. The molecule has 0 radical (unpaired) electrons. The maximum atomic E-state index is 6.11. The van der Waals surface area contributed by atoms with Gasteiger partial charge in [0.25, 0.3) is 0 Å². The van der Waals surface area contributed by atoms with Crippen molar-refractivity contribution in [1.82, 2.24) is 9.55 Å². The van der Waals surface area contributed by atoms with E-state index in [1.54, 1.807) is 0 Å². The van der Waals surface area contributed by atoms with Gasteiger partial charge < -0.3 is 14.3 Å². The largest absolute Gasteiger partial charge is 0.376 e. The third-order valence-corrected chi connectivity index (χ3v) is 4.69. The van der Waals surface area contributed by atoms with Crippen LogP contribution in [0.5, 0.6) is 0 Å². The average molecular weight is 317 g/mol. The fourth-order valence-corrected chi connectivity index (χ4v) is 3.37. The predicted octanol–water partition coefficient (Wildman–Crippen LogP) is 4.75. The van der Waals surface area contributed by atoms with Gasteiger partial charge in [-0.2, -0.15) is 0 Å². The van der Waals surface area contributed by atoms with Crippen LogP contribution in [0.4, 0.5) is 0 Å². The molecule has 2 unspecified atom stereocenters. The molecule has 0 amide bonds. The van der Waals surface area contributed by atoms with Crippen LogP contribution in [0.15, 0.2) is 12.1 Å². The van der Waals surface area contributed by atoms with Crippen molar-refractivity contribution in [2.45, 2.75) is 31.9 Å². The van der Waals surface area contributed by atoms with Crippen molar-refractivity contribution < 1.29 is 4.74 Å². The summed E-state index contributed by atoms with van der Waals surface area (Å²) in [6.45, 7) is 2.96. The molecule has 19 heavy (non-hydrogen) atoms. The van der Waals surface area contributed by atoms with Crippen molar-refractivity contribution in [3.05, 3.63) is 26.9 Å². The molecule has 0 spiro atoms. The number of nitrogens with one attached hydrogen (secondary N) is 1. The molecule has 1 saturated heterocycles. The van der Waals surface area contributed by atoms with Crippen molar-refractivity contribution in [3.8, 4) is 0 Å². The minimum absolute atomic E-state index is 0.181. The number of H-pyrrole nitrogens is 1. The lowest BCUT2D eigenvalue weighted by Gasteiger charge is -2.21. The van der Waals surface area contributed by atoms with Gasteiger partial charge in [-0.3, -0.25) is 0 Å².